The molecule has 2 atom stereocenters. The molecular formula is C14H27NO2S. The molecule has 0 aromatic heterocycles. The van der Waals surface area contributed by atoms with Crippen LogP contribution in [0.25, 0.3) is 0 Å². The summed E-state index contributed by atoms with van der Waals surface area (Å²) in [5.74, 6) is 3.09. The number of hydrogen-bond donors (Lipinski definition) is 1. The minimum Gasteiger partial charge on any atom is -0.380 e. The lowest BCUT2D eigenvalue weighted by molar-refractivity contribution is -0.0706. The highest BCUT2D eigenvalue weighted by Gasteiger charge is 2.40. The van der Waals surface area contributed by atoms with Gasteiger partial charge >= 0.3 is 0 Å². The van der Waals surface area contributed by atoms with Gasteiger partial charge in [0, 0.05) is 31.6 Å². The number of thioether (sulfide) groups is 1. The Balaban J connectivity index is 1.61. The third-order valence-corrected chi connectivity index (χ3v) is 4.91. The molecule has 2 unspecified atom stereocenters. The molecule has 1 spiro atoms. The zero-order chi connectivity index (χ0) is 12.8. The van der Waals surface area contributed by atoms with Crippen LogP contribution in [0.5, 0.6) is 0 Å². The minimum absolute atomic E-state index is 0.194. The molecule has 4 heteroatoms. The van der Waals surface area contributed by atoms with E-state index in [1.165, 1.54) is 24.3 Å². The van der Waals surface area contributed by atoms with Crippen molar-refractivity contribution < 1.29 is 9.47 Å². The summed E-state index contributed by atoms with van der Waals surface area (Å²) in [4.78, 5) is 0. The molecule has 2 fully saturated rings. The van der Waals surface area contributed by atoms with Crippen LogP contribution in [0.4, 0.5) is 0 Å². The van der Waals surface area contributed by atoms with E-state index >= 15 is 0 Å². The lowest BCUT2D eigenvalue weighted by Crippen LogP contribution is -2.47. The van der Waals surface area contributed by atoms with Gasteiger partial charge in [-0.05, 0) is 30.9 Å². The third-order valence-electron chi connectivity index (χ3n) is 3.69. The zero-order valence-corrected chi connectivity index (χ0v) is 12.6. The van der Waals surface area contributed by atoms with Gasteiger partial charge in [0.15, 0.2) is 0 Å². The fraction of sp³-hybridized carbons (Fsp3) is 1.00. The highest BCUT2D eigenvalue weighted by Crippen LogP contribution is 2.38. The van der Waals surface area contributed by atoms with E-state index in [9.17, 15) is 0 Å². The fourth-order valence-electron chi connectivity index (χ4n) is 2.72. The molecule has 0 aromatic rings. The second kappa shape index (κ2) is 7.13. The van der Waals surface area contributed by atoms with Gasteiger partial charge in [0.05, 0.1) is 12.2 Å². The van der Waals surface area contributed by atoms with Gasteiger partial charge in [-0.3, -0.25) is 0 Å². The normalized spacial score (nSPS) is 32.5. The second-order valence-corrected chi connectivity index (χ2v) is 7.05. The van der Waals surface area contributed by atoms with E-state index in [4.69, 9.17) is 9.47 Å². The van der Waals surface area contributed by atoms with Crippen LogP contribution >= 0.6 is 11.8 Å². The standard InChI is InChI=1S/C14H27NO2S/c1-12(2)10-16-7-5-15-13-3-6-17-14(9-13)4-8-18-11-14/h12-13,15H,3-11H2,1-2H3. The average Bonchev–Trinajstić information content (AvgIpc) is 2.76. The fourth-order valence-corrected chi connectivity index (χ4v) is 4.10. The maximum atomic E-state index is 6.02. The molecule has 0 amide bonds. The quantitative estimate of drug-likeness (QED) is 0.752. The molecule has 2 saturated heterocycles. The van der Waals surface area contributed by atoms with Gasteiger partial charge in [-0.15, -0.1) is 0 Å². The van der Waals surface area contributed by atoms with Gasteiger partial charge in [0.1, 0.15) is 0 Å². The number of rotatable bonds is 6. The number of nitrogens with one attached hydrogen (secondary N) is 1. The van der Waals surface area contributed by atoms with E-state index in [1.807, 2.05) is 11.8 Å². The van der Waals surface area contributed by atoms with E-state index in [2.05, 4.69) is 19.2 Å². The van der Waals surface area contributed by atoms with Crippen molar-refractivity contribution in [2.45, 2.75) is 44.8 Å². The highest BCUT2D eigenvalue weighted by molar-refractivity contribution is 7.99. The van der Waals surface area contributed by atoms with E-state index in [-0.39, 0.29) is 5.60 Å². The Bertz CT molecular complexity index is 242. The lowest BCUT2D eigenvalue weighted by atomic mass is 9.90. The van der Waals surface area contributed by atoms with Crippen LogP contribution in [0.1, 0.15) is 33.1 Å². The Hall–Kier alpha value is 0.230. The van der Waals surface area contributed by atoms with Crippen molar-refractivity contribution >= 4 is 11.8 Å². The van der Waals surface area contributed by atoms with Crippen LogP contribution in [-0.2, 0) is 9.47 Å². The summed E-state index contributed by atoms with van der Waals surface area (Å²) in [5.41, 5.74) is 0.194. The molecule has 2 heterocycles. The number of hydrogen-bond acceptors (Lipinski definition) is 4. The topological polar surface area (TPSA) is 30.5 Å². The second-order valence-electron chi connectivity index (χ2n) is 5.95. The minimum atomic E-state index is 0.194. The van der Waals surface area contributed by atoms with Crippen LogP contribution in [-0.4, -0.2) is 49.5 Å². The van der Waals surface area contributed by atoms with Gasteiger partial charge < -0.3 is 14.8 Å². The highest BCUT2D eigenvalue weighted by atomic mass is 32.2. The molecule has 0 bridgehead atoms. The van der Waals surface area contributed by atoms with Crippen molar-refractivity contribution in [3.8, 4) is 0 Å². The van der Waals surface area contributed by atoms with Gasteiger partial charge in [0.2, 0.25) is 0 Å². The summed E-state index contributed by atoms with van der Waals surface area (Å²) in [6, 6.07) is 0.625. The Morgan fingerprint density at radius 1 is 1.50 bits per heavy atom. The lowest BCUT2D eigenvalue weighted by Gasteiger charge is -2.38. The van der Waals surface area contributed by atoms with Gasteiger partial charge in [-0.1, -0.05) is 13.8 Å². The van der Waals surface area contributed by atoms with Crippen molar-refractivity contribution in [3.05, 3.63) is 0 Å². The predicted octanol–water partition coefficient (Wildman–Crippen LogP) is 2.30. The van der Waals surface area contributed by atoms with Crippen LogP contribution in [0.2, 0.25) is 0 Å². The van der Waals surface area contributed by atoms with Crippen LogP contribution < -0.4 is 5.32 Å². The van der Waals surface area contributed by atoms with E-state index in [1.54, 1.807) is 0 Å². The van der Waals surface area contributed by atoms with Crippen LogP contribution in [0.15, 0.2) is 0 Å². The van der Waals surface area contributed by atoms with E-state index in [0.29, 0.717) is 12.0 Å². The summed E-state index contributed by atoms with van der Waals surface area (Å²) in [5, 5.41) is 3.63. The Labute approximate surface area is 115 Å². The molecule has 2 rings (SSSR count). The summed E-state index contributed by atoms with van der Waals surface area (Å²) < 4.78 is 11.6. The SMILES string of the molecule is CC(C)COCCNC1CCOC2(CCSC2)C1. The maximum Gasteiger partial charge on any atom is 0.0795 e. The average molecular weight is 273 g/mol. The third kappa shape index (κ3) is 4.41. The summed E-state index contributed by atoms with van der Waals surface area (Å²) in [7, 11) is 0. The van der Waals surface area contributed by atoms with Crippen LogP contribution in [0, 0.1) is 5.92 Å². The summed E-state index contributed by atoms with van der Waals surface area (Å²) in [6.45, 7) is 7.97. The first-order valence-electron chi connectivity index (χ1n) is 7.23. The molecule has 2 aliphatic heterocycles. The Kier molecular flexibility index (Phi) is 5.80. The monoisotopic (exact) mass is 273 g/mol. The van der Waals surface area contributed by atoms with Crippen molar-refractivity contribution in [2.75, 3.05) is 37.9 Å². The molecule has 2 aliphatic rings. The van der Waals surface area contributed by atoms with Crippen LogP contribution in [0.3, 0.4) is 0 Å². The first-order valence-corrected chi connectivity index (χ1v) is 8.38. The van der Waals surface area contributed by atoms with E-state index < -0.39 is 0 Å². The molecule has 106 valence electrons. The molecule has 0 aromatic carbocycles. The molecule has 0 radical (unpaired) electrons. The van der Waals surface area contributed by atoms with Crippen molar-refractivity contribution in [1.82, 2.24) is 5.32 Å². The van der Waals surface area contributed by atoms with E-state index in [0.717, 1.165) is 32.8 Å². The number of ether oxygens (including phenoxy) is 2. The predicted molar refractivity (Wildman–Crippen MR) is 77.3 cm³/mol. The van der Waals surface area contributed by atoms with Gasteiger partial charge in [-0.2, -0.15) is 11.8 Å². The van der Waals surface area contributed by atoms with Gasteiger partial charge in [-0.25, -0.2) is 0 Å². The largest absolute Gasteiger partial charge is 0.380 e. The molecule has 3 nitrogen and oxygen atoms in total. The molecule has 0 saturated carbocycles. The van der Waals surface area contributed by atoms with Gasteiger partial charge in [0.25, 0.3) is 0 Å². The Morgan fingerprint density at radius 3 is 3.11 bits per heavy atom. The molecule has 18 heavy (non-hydrogen) atoms. The first-order chi connectivity index (χ1) is 8.70. The van der Waals surface area contributed by atoms with Crippen molar-refractivity contribution in [3.63, 3.8) is 0 Å². The smallest absolute Gasteiger partial charge is 0.0795 e. The first kappa shape index (κ1) is 14.6. The Morgan fingerprint density at radius 2 is 2.39 bits per heavy atom. The molecule has 0 aliphatic carbocycles. The maximum absolute atomic E-state index is 6.02. The summed E-state index contributed by atoms with van der Waals surface area (Å²) in [6.07, 6.45) is 3.57. The molecular weight excluding hydrogens is 246 g/mol. The summed E-state index contributed by atoms with van der Waals surface area (Å²) >= 11 is 2.04. The zero-order valence-electron chi connectivity index (χ0n) is 11.7. The molecule has 1 N–H and O–H groups in total. The van der Waals surface area contributed by atoms with Crippen molar-refractivity contribution in [2.24, 2.45) is 5.92 Å². The van der Waals surface area contributed by atoms with Crippen molar-refractivity contribution in [1.29, 1.82) is 0 Å².